The lowest BCUT2D eigenvalue weighted by Crippen LogP contribution is -2.14. The summed E-state index contributed by atoms with van der Waals surface area (Å²) in [6, 6.07) is 1.97. The Morgan fingerprint density at radius 3 is 3.38 bits per heavy atom. The molecule has 1 unspecified atom stereocenters. The van der Waals surface area contributed by atoms with Gasteiger partial charge in [0, 0.05) is 18.0 Å². The van der Waals surface area contributed by atoms with Crippen molar-refractivity contribution in [3.8, 4) is 5.75 Å². The summed E-state index contributed by atoms with van der Waals surface area (Å²) in [6.07, 6.45) is 7.38. The van der Waals surface area contributed by atoms with Crippen LogP contribution in [0.25, 0.3) is 0 Å². The Morgan fingerprint density at radius 1 is 1.62 bits per heavy atom. The summed E-state index contributed by atoms with van der Waals surface area (Å²) in [5.41, 5.74) is 1.30. The van der Waals surface area contributed by atoms with Crippen LogP contribution in [-0.2, 0) is 0 Å². The molecule has 2 rings (SSSR count). The van der Waals surface area contributed by atoms with Gasteiger partial charge in [0.2, 0.25) is 0 Å². The van der Waals surface area contributed by atoms with Gasteiger partial charge in [0.1, 0.15) is 5.75 Å². The maximum absolute atomic E-state index is 5.56. The van der Waals surface area contributed by atoms with Crippen LogP contribution in [0.4, 0.5) is 0 Å². The van der Waals surface area contributed by atoms with Gasteiger partial charge in [-0.25, -0.2) is 0 Å². The number of hydrogen-bond donors (Lipinski definition) is 0. The number of pyridine rings is 1. The molecule has 0 spiro atoms. The summed E-state index contributed by atoms with van der Waals surface area (Å²) in [5.74, 6) is 1.71. The monoisotopic (exact) mass is 177 g/mol. The van der Waals surface area contributed by atoms with E-state index in [1.165, 1.54) is 18.4 Å². The van der Waals surface area contributed by atoms with E-state index < -0.39 is 0 Å². The van der Waals surface area contributed by atoms with Crippen LogP contribution in [0.2, 0.25) is 0 Å². The summed E-state index contributed by atoms with van der Waals surface area (Å²) in [6.45, 7) is 3.09. The van der Waals surface area contributed by atoms with E-state index in [-0.39, 0.29) is 0 Å². The second-order valence-corrected chi connectivity index (χ2v) is 3.54. The van der Waals surface area contributed by atoms with Crippen molar-refractivity contribution in [2.75, 3.05) is 6.61 Å². The first-order valence-corrected chi connectivity index (χ1v) is 4.98. The molecule has 0 aliphatic carbocycles. The standard InChI is InChI=1S/C11H15NO/c1-2-3-9-5-7-13-11-4-6-12-8-10(9)11/h4,6,8-9H,2-3,5,7H2,1H3. The van der Waals surface area contributed by atoms with E-state index in [1.807, 2.05) is 12.3 Å². The van der Waals surface area contributed by atoms with Crippen molar-refractivity contribution in [1.29, 1.82) is 0 Å². The van der Waals surface area contributed by atoms with Gasteiger partial charge in [0.25, 0.3) is 0 Å². The molecule has 70 valence electrons. The van der Waals surface area contributed by atoms with Gasteiger partial charge in [-0.2, -0.15) is 0 Å². The van der Waals surface area contributed by atoms with Crippen LogP contribution < -0.4 is 4.74 Å². The molecular formula is C11H15NO. The van der Waals surface area contributed by atoms with Crippen LogP contribution in [0, 0.1) is 0 Å². The van der Waals surface area contributed by atoms with Gasteiger partial charge < -0.3 is 4.74 Å². The molecule has 0 aromatic carbocycles. The van der Waals surface area contributed by atoms with E-state index in [0.29, 0.717) is 5.92 Å². The van der Waals surface area contributed by atoms with Crippen LogP contribution in [0.1, 0.15) is 37.7 Å². The molecule has 0 radical (unpaired) electrons. The van der Waals surface area contributed by atoms with E-state index in [9.17, 15) is 0 Å². The topological polar surface area (TPSA) is 22.1 Å². The Labute approximate surface area is 78.9 Å². The molecule has 1 aromatic rings. The smallest absolute Gasteiger partial charge is 0.125 e. The van der Waals surface area contributed by atoms with E-state index >= 15 is 0 Å². The fourth-order valence-electron chi connectivity index (χ4n) is 1.95. The number of aromatic nitrogens is 1. The number of fused-ring (bicyclic) bond motifs is 1. The molecule has 0 fully saturated rings. The van der Waals surface area contributed by atoms with Gasteiger partial charge in [0.15, 0.2) is 0 Å². The molecule has 0 N–H and O–H groups in total. The summed E-state index contributed by atoms with van der Waals surface area (Å²) in [4.78, 5) is 4.15. The second-order valence-electron chi connectivity index (χ2n) is 3.54. The van der Waals surface area contributed by atoms with Gasteiger partial charge >= 0.3 is 0 Å². The zero-order valence-corrected chi connectivity index (χ0v) is 7.99. The van der Waals surface area contributed by atoms with E-state index in [4.69, 9.17) is 4.74 Å². The average molecular weight is 177 g/mol. The zero-order chi connectivity index (χ0) is 9.10. The number of nitrogens with zero attached hydrogens (tertiary/aromatic N) is 1. The van der Waals surface area contributed by atoms with Crippen LogP contribution in [0.15, 0.2) is 18.5 Å². The molecule has 1 aliphatic heterocycles. The predicted molar refractivity (Wildman–Crippen MR) is 52.0 cm³/mol. The van der Waals surface area contributed by atoms with Crippen LogP contribution in [0.3, 0.4) is 0 Å². The number of ether oxygens (including phenoxy) is 1. The largest absolute Gasteiger partial charge is 0.493 e. The second kappa shape index (κ2) is 3.77. The third-order valence-electron chi connectivity index (χ3n) is 2.61. The molecule has 1 aromatic heterocycles. The zero-order valence-electron chi connectivity index (χ0n) is 7.99. The molecule has 1 aliphatic rings. The minimum absolute atomic E-state index is 0.669. The van der Waals surface area contributed by atoms with Gasteiger partial charge in [-0.15, -0.1) is 0 Å². The van der Waals surface area contributed by atoms with E-state index in [1.54, 1.807) is 6.20 Å². The SMILES string of the molecule is CCCC1CCOc2ccncc21. The Balaban J connectivity index is 2.26. The lowest BCUT2D eigenvalue weighted by Gasteiger charge is -2.24. The van der Waals surface area contributed by atoms with Crippen molar-refractivity contribution in [2.45, 2.75) is 32.1 Å². The van der Waals surface area contributed by atoms with Gasteiger partial charge in [-0.05, 0) is 24.8 Å². The Kier molecular flexibility index (Phi) is 2.48. The number of rotatable bonds is 2. The Hall–Kier alpha value is -1.05. The molecule has 0 bridgehead atoms. The third kappa shape index (κ3) is 1.67. The molecule has 13 heavy (non-hydrogen) atoms. The van der Waals surface area contributed by atoms with E-state index in [0.717, 1.165) is 18.8 Å². The van der Waals surface area contributed by atoms with Gasteiger partial charge in [0.05, 0.1) is 6.61 Å². The molecule has 2 nitrogen and oxygen atoms in total. The lowest BCUT2D eigenvalue weighted by atomic mass is 9.91. The molecule has 2 heteroatoms. The maximum Gasteiger partial charge on any atom is 0.125 e. The first kappa shape index (κ1) is 8.54. The summed E-state index contributed by atoms with van der Waals surface area (Å²) < 4.78 is 5.56. The lowest BCUT2D eigenvalue weighted by molar-refractivity contribution is 0.262. The molecule has 1 atom stereocenters. The summed E-state index contributed by atoms with van der Waals surface area (Å²) >= 11 is 0. The van der Waals surface area contributed by atoms with Crippen molar-refractivity contribution in [2.24, 2.45) is 0 Å². The van der Waals surface area contributed by atoms with Gasteiger partial charge in [-0.1, -0.05) is 13.3 Å². The Bertz CT molecular complexity index is 285. The summed E-state index contributed by atoms with van der Waals surface area (Å²) in [5, 5.41) is 0. The fourth-order valence-corrected chi connectivity index (χ4v) is 1.95. The minimum Gasteiger partial charge on any atom is -0.493 e. The Morgan fingerprint density at radius 2 is 2.54 bits per heavy atom. The van der Waals surface area contributed by atoms with Crippen molar-refractivity contribution >= 4 is 0 Å². The highest BCUT2D eigenvalue weighted by atomic mass is 16.5. The van der Waals surface area contributed by atoms with Crippen molar-refractivity contribution in [3.63, 3.8) is 0 Å². The number of hydrogen-bond acceptors (Lipinski definition) is 2. The first-order valence-electron chi connectivity index (χ1n) is 4.98. The average Bonchev–Trinajstić information content (AvgIpc) is 2.19. The molecule has 0 saturated carbocycles. The predicted octanol–water partition coefficient (Wildman–Crippen LogP) is 2.75. The van der Waals surface area contributed by atoms with Crippen molar-refractivity contribution in [3.05, 3.63) is 24.0 Å². The van der Waals surface area contributed by atoms with Crippen molar-refractivity contribution in [1.82, 2.24) is 4.98 Å². The van der Waals surface area contributed by atoms with Crippen LogP contribution >= 0.6 is 0 Å². The molecular weight excluding hydrogens is 162 g/mol. The van der Waals surface area contributed by atoms with Crippen LogP contribution in [-0.4, -0.2) is 11.6 Å². The highest BCUT2D eigenvalue weighted by Crippen LogP contribution is 2.35. The normalized spacial score (nSPS) is 20.5. The third-order valence-corrected chi connectivity index (χ3v) is 2.61. The van der Waals surface area contributed by atoms with Gasteiger partial charge in [-0.3, -0.25) is 4.98 Å². The molecule has 0 amide bonds. The van der Waals surface area contributed by atoms with Crippen LogP contribution in [0.5, 0.6) is 5.75 Å². The highest BCUT2D eigenvalue weighted by Gasteiger charge is 2.20. The van der Waals surface area contributed by atoms with Crippen molar-refractivity contribution < 1.29 is 4.74 Å². The maximum atomic E-state index is 5.56. The fraction of sp³-hybridized carbons (Fsp3) is 0.545. The molecule has 2 heterocycles. The quantitative estimate of drug-likeness (QED) is 0.693. The highest BCUT2D eigenvalue weighted by molar-refractivity contribution is 5.34. The van der Waals surface area contributed by atoms with E-state index in [2.05, 4.69) is 11.9 Å². The first-order chi connectivity index (χ1) is 6.42. The summed E-state index contributed by atoms with van der Waals surface area (Å²) in [7, 11) is 0. The molecule has 0 saturated heterocycles. The minimum atomic E-state index is 0.669.